The molecule has 2 heterocycles. The summed E-state index contributed by atoms with van der Waals surface area (Å²) in [5.74, 6) is 0.0646. The fraction of sp³-hybridized carbons (Fsp3) is 0.400. The van der Waals surface area contributed by atoms with Crippen LogP contribution in [0.5, 0.6) is 0 Å². The van der Waals surface area contributed by atoms with E-state index in [-0.39, 0.29) is 17.2 Å². The number of thioether (sulfide) groups is 1. The van der Waals surface area contributed by atoms with Crippen molar-refractivity contribution in [3.05, 3.63) is 41.2 Å². The van der Waals surface area contributed by atoms with Crippen molar-refractivity contribution in [3.63, 3.8) is 0 Å². The summed E-state index contributed by atoms with van der Waals surface area (Å²) in [5.41, 5.74) is 0.649. The van der Waals surface area contributed by atoms with Gasteiger partial charge in [0.05, 0.1) is 0 Å². The SMILES string of the molecule is CC(=O)NC(c1cc(F)c(N2CCSCC2)c(F)c1)c1c[nH]nn1. The summed E-state index contributed by atoms with van der Waals surface area (Å²) in [4.78, 5) is 13.2. The Balaban J connectivity index is 1.96. The molecule has 1 fully saturated rings. The Morgan fingerprint density at radius 1 is 1.33 bits per heavy atom. The van der Waals surface area contributed by atoms with Gasteiger partial charge in [-0.15, -0.1) is 5.10 Å². The first-order valence-corrected chi connectivity index (χ1v) is 8.67. The van der Waals surface area contributed by atoms with Gasteiger partial charge in [0.2, 0.25) is 5.91 Å². The number of nitrogens with zero attached hydrogens (tertiary/aromatic N) is 3. The first-order valence-electron chi connectivity index (χ1n) is 7.51. The van der Waals surface area contributed by atoms with E-state index >= 15 is 0 Å². The number of aromatic amines is 1. The second kappa shape index (κ2) is 7.16. The fourth-order valence-corrected chi connectivity index (χ4v) is 3.63. The summed E-state index contributed by atoms with van der Waals surface area (Å²) in [7, 11) is 0. The largest absolute Gasteiger partial charge is 0.365 e. The lowest BCUT2D eigenvalue weighted by molar-refractivity contribution is -0.119. The molecule has 24 heavy (non-hydrogen) atoms. The molecule has 1 aliphatic heterocycles. The normalized spacial score (nSPS) is 16.0. The zero-order valence-corrected chi connectivity index (χ0v) is 13.9. The van der Waals surface area contributed by atoms with Crippen LogP contribution in [-0.2, 0) is 4.79 Å². The van der Waals surface area contributed by atoms with Gasteiger partial charge in [0.1, 0.15) is 29.1 Å². The van der Waals surface area contributed by atoms with Crippen molar-refractivity contribution in [3.8, 4) is 0 Å². The molecular formula is C15H17F2N5OS. The average molecular weight is 353 g/mol. The van der Waals surface area contributed by atoms with Gasteiger partial charge in [0, 0.05) is 37.7 Å². The first-order chi connectivity index (χ1) is 11.6. The highest BCUT2D eigenvalue weighted by molar-refractivity contribution is 7.99. The molecule has 2 aromatic rings. The van der Waals surface area contributed by atoms with Crippen molar-refractivity contribution < 1.29 is 13.6 Å². The van der Waals surface area contributed by atoms with Gasteiger partial charge < -0.3 is 10.2 Å². The third-order valence-corrected chi connectivity index (χ3v) is 4.72. The Labute approximate surface area is 142 Å². The van der Waals surface area contributed by atoms with E-state index in [1.165, 1.54) is 25.3 Å². The number of carbonyl (C=O) groups is 1. The molecular weight excluding hydrogens is 336 g/mol. The fourth-order valence-electron chi connectivity index (χ4n) is 2.72. The molecule has 1 amide bonds. The van der Waals surface area contributed by atoms with Crippen molar-refractivity contribution in [1.82, 2.24) is 20.7 Å². The van der Waals surface area contributed by atoms with E-state index in [1.54, 1.807) is 16.7 Å². The van der Waals surface area contributed by atoms with Gasteiger partial charge in [-0.25, -0.2) is 8.78 Å². The van der Waals surface area contributed by atoms with Crippen LogP contribution in [0.1, 0.15) is 24.2 Å². The highest BCUT2D eigenvalue weighted by Crippen LogP contribution is 2.30. The van der Waals surface area contributed by atoms with Crippen LogP contribution in [0.3, 0.4) is 0 Å². The minimum atomic E-state index is -0.767. The Morgan fingerprint density at radius 3 is 2.54 bits per heavy atom. The van der Waals surface area contributed by atoms with Crippen LogP contribution < -0.4 is 10.2 Å². The molecule has 6 nitrogen and oxygen atoms in total. The molecule has 128 valence electrons. The number of aromatic nitrogens is 3. The Bertz CT molecular complexity index is 696. The molecule has 3 rings (SSSR count). The predicted octanol–water partition coefficient (Wildman–Crippen LogP) is 1.86. The summed E-state index contributed by atoms with van der Waals surface area (Å²) >= 11 is 1.77. The minimum Gasteiger partial charge on any atom is -0.365 e. The smallest absolute Gasteiger partial charge is 0.217 e. The zero-order valence-electron chi connectivity index (χ0n) is 13.1. The van der Waals surface area contributed by atoms with Gasteiger partial charge in [-0.05, 0) is 17.7 Å². The molecule has 0 spiro atoms. The molecule has 1 aromatic heterocycles. The summed E-state index contributed by atoms with van der Waals surface area (Å²) < 4.78 is 29.2. The van der Waals surface area contributed by atoms with E-state index < -0.39 is 17.7 Å². The lowest BCUT2D eigenvalue weighted by Crippen LogP contribution is -2.34. The van der Waals surface area contributed by atoms with Crippen molar-refractivity contribution in [2.24, 2.45) is 0 Å². The van der Waals surface area contributed by atoms with Crippen LogP contribution in [0.4, 0.5) is 14.5 Å². The summed E-state index contributed by atoms with van der Waals surface area (Å²) in [6, 6.07) is 1.72. The monoisotopic (exact) mass is 353 g/mol. The van der Waals surface area contributed by atoms with Gasteiger partial charge >= 0.3 is 0 Å². The number of benzene rings is 1. The predicted molar refractivity (Wildman–Crippen MR) is 87.9 cm³/mol. The summed E-state index contributed by atoms with van der Waals surface area (Å²) in [5, 5.41) is 12.6. The molecule has 1 aromatic carbocycles. The third-order valence-electron chi connectivity index (χ3n) is 3.78. The number of rotatable bonds is 4. The van der Waals surface area contributed by atoms with Crippen LogP contribution in [0.25, 0.3) is 0 Å². The lowest BCUT2D eigenvalue weighted by atomic mass is 10.0. The van der Waals surface area contributed by atoms with Gasteiger partial charge in [0.25, 0.3) is 0 Å². The molecule has 2 N–H and O–H groups in total. The van der Waals surface area contributed by atoms with Crippen LogP contribution >= 0.6 is 11.8 Å². The van der Waals surface area contributed by atoms with Gasteiger partial charge in [-0.2, -0.15) is 11.8 Å². The van der Waals surface area contributed by atoms with E-state index in [4.69, 9.17) is 0 Å². The molecule has 0 aliphatic carbocycles. The Kier molecular flexibility index (Phi) is 4.98. The van der Waals surface area contributed by atoms with Crippen molar-refractivity contribution >= 4 is 23.4 Å². The van der Waals surface area contributed by atoms with Crippen LogP contribution in [0, 0.1) is 11.6 Å². The number of carbonyl (C=O) groups excluding carboxylic acids is 1. The maximum atomic E-state index is 14.6. The molecule has 0 radical (unpaired) electrons. The second-order valence-corrected chi connectivity index (χ2v) is 6.69. The summed E-state index contributed by atoms with van der Waals surface area (Å²) in [6.07, 6.45) is 1.48. The Hall–Kier alpha value is -2.16. The van der Waals surface area contributed by atoms with Crippen LogP contribution in [0.15, 0.2) is 18.3 Å². The molecule has 0 bridgehead atoms. The van der Waals surface area contributed by atoms with E-state index in [2.05, 4.69) is 20.7 Å². The Morgan fingerprint density at radius 2 is 2.00 bits per heavy atom. The molecule has 1 aliphatic rings. The lowest BCUT2D eigenvalue weighted by Gasteiger charge is -2.29. The van der Waals surface area contributed by atoms with E-state index in [0.29, 0.717) is 18.8 Å². The molecule has 9 heteroatoms. The number of amides is 1. The molecule has 1 atom stereocenters. The minimum absolute atomic E-state index is 0.0132. The number of hydrogen-bond acceptors (Lipinski definition) is 5. The maximum Gasteiger partial charge on any atom is 0.217 e. The van der Waals surface area contributed by atoms with Crippen LogP contribution in [-0.4, -0.2) is 45.9 Å². The topological polar surface area (TPSA) is 73.9 Å². The number of H-pyrrole nitrogens is 1. The number of hydrogen-bond donors (Lipinski definition) is 2. The van der Waals surface area contributed by atoms with Crippen molar-refractivity contribution in [1.29, 1.82) is 0 Å². The second-order valence-electron chi connectivity index (χ2n) is 5.46. The number of anilines is 1. The molecule has 0 saturated carbocycles. The standard InChI is InChI=1S/C15H17F2N5OS/c1-9(23)19-14(13-8-18-21-20-13)10-6-11(16)15(12(17)7-10)22-2-4-24-5-3-22/h6-8,14H,2-5H2,1H3,(H,19,23)(H,18,20,21). The highest BCUT2D eigenvalue weighted by atomic mass is 32.2. The van der Waals surface area contributed by atoms with Gasteiger partial charge in [-0.3, -0.25) is 9.89 Å². The number of nitrogens with one attached hydrogen (secondary N) is 2. The van der Waals surface area contributed by atoms with Crippen LogP contribution in [0.2, 0.25) is 0 Å². The van der Waals surface area contributed by atoms with Gasteiger partial charge in [0.15, 0.2) is 0 Å². The van der Waals surface area contributed by atoms with E-state index in [0.717, 1.165) is 11.5 Å². The quantitative estimate of drug-likeness (QED) is 0.878. The summed E-state index contributed by atoms with van der Waals surface area (Å²) in [6.45, 7) is 2.55. The highest BCUT2D eigenvalue weighted by Gasteiger charge is 2.24. The van der Waals surface area contributed by atoms with Crippen molar-refractivity contribution in [2.45, 2.75) is 13.0 Å². The third kappa shape index (κ3) is 3.50. The zero-order chi connectivity index (χ0) is 17.1. The number of halogens is 2. The molecule has 1 saturated heterocycles. The van der Waals surface area contributed by atoms with E-state index in [1.807, 2.05) is 0 Å². The van der Waals surface area contributed by atoms with E-state index in [9.17, 15) is 13.6 Å². The van der Waals surface area contributed by atoms with Gasteiger partial charge in [-0.1, -0.05) is 5.21 Å². The van der Waals surface area contributed by atoms with Crippen molar-refractivity contribution in [2.75, 3.05) is 29.5 Å². The maximum absolute atomic E-state index is 14.6. The average Bonchev–Trinajstić information content (AvgIpc) is 3.07. The molecule has 1 unspecified atom stereocenters. The first kappa shape index (κ1) is 16.7.